The van der Waals surface area contributed by atoms with Gasteiger partial charge in [-0.15, -0.1) is 0 Å². The second kappa shape index (κ2) is 6.35. The summed E-state index contributed by atoms with van der Waals surface area (Å²) >= 11 is 2.22. The van der Waals surface area contributed by atoms with Crippen molar-refractivity contribution in [2.24, 2.45) is 5.92 Å². The summed E-state index contributed by atoms with van der Waals surface area (Å²) < 4.78 is 6.63. The van der Waals surface area contributed by atoms with E-state index in [1.54, 1.807) is 0 Å². The summed E-state index contributed by atoms with van der Waals surface area (Å²) in [6.07, 6.45) is 0.118. The van der Waals surface area contributed by atoms with Gasteiger partial charge in [-0.25, -0.2) is 0 Å². The molecule has 1 aromatic rings. The van der Waals surface area contributed by atoms with E-state index in [0.29, 0.717) is 5.92 Å². The largest absolute Gasteiger partial charge is 0.370 e. The molecule has 1 unspecified atom stereocenters. The zero-order chi connectivity index (χ0) is 12.1. The SMILES string of the molecule is CC(C)C(C)OCC(=O)c1ccc(I)cc1. The van der Waals surface area contributed by atoms with Gasteiger partial charge >= 0.3 is 0 Å². The number of carbonyl (C=O) groups excluding carboxylic acids is 1. The fourth-order valence-electron chi connectivity index (χ4n) is 1.12. The summed E-state index contributed by atoms with van der Waals surface area (Å²) in [5.74, 6) is 0.480. The lowest BCUT2D eigenvalue weighted by Gasteiger charge is -2.15. The topological polar surface area (TPSA) is 26.3 Å². The van der Waals surface area contributed by atoms with E-state index in [1.165, 1.54) is 0 Å². The van der Waals surface area contributed by atoms with E-state index in [0.717, 1.165) is 9.13 Å². The first-order chi connectivity index (χ1) is 7.50. The molecule has 1 rings (SSSR count). The number of ketones is 1. The normalized spacial score (nSPS) is 12.8. The highest BCUT2D eigenvalue weighted by atomic mass is 127. The number of halogens is 1. The van der Waals surface area contributed by atoms with Crippen molar-refractivity contribution in [1.82, 2.24) is 0 Å². The molecule has 0 heterocycles. The highest BCUT2D eigenvalue weighted by Crippen LogP contribution is 2.09. The molecule has 1 aromatic carbocycles. The van der Waals surface area contributed by atoms with Crippen molar-refractivity contribution in [2.75, 3.05) is 6.61 Å². The smallest absolute Gasteiger partial charge is 0.188 e. The molecule has 0 fully saturated rings. The molecule has 2 nitrogen and oxygen atoms in total. The van der Waals surface area contributed by atoms with E-state index in [9.17, 15) is 4.79 Å². The average molecular weight is 332 g/mol. The third kappa shape index (κ3) is 4.22. The molecule has 3 heteroatoms. The van der Waals surface area contributed by atoms with Crippen molar-refractivity contribution in [3.05, 3.63) is 33.4 Å². The first-order valence-electron chi connectivity index (χ1n) is 5.41. The Kier molecular flexibility index (Phi) is 5.41. The molecule has 0 saturated heterocycles. The highest BCUT2D eigenvalue weighted by molar-refractivity contribution is 14.1. The van der Waals surface area contributed by atoms with Crippen LogP contribution in [0.15, 0.2) is 24.3 Å². The number of hydrogen-bond acceptors (Lipinski definition) is 2. The summed E-state index contributed by atoms with van der Waals surface area (Å²) in [6.45, 7) is 6.33. The Labute approximate surface area is 111 Å². The second-order valence-electron chi connectivity index (χ2n) is 4.19. The Morgan fingerprint density at radius 1 is 1.25 bits per heavy atom. The van der Waals surface area contributed by atoms with Crippen molar-refractivity contribution in [2.45, 2.75) is 26.9 Å². The summed E-state index contributed by atoms with van der Waals surface area (Å²) in [5, 5.41) is 0. The highest BCUT2D eigenvalue weighted by Gasteiger charge is 2.11. The predicted octanol–water partition coefficient (Wildman–Crippen LogP) is 3.54. The molecule has 88 valence electrons. The first-order valence-corrected chi connectivity index (χ1v) is 6.49. The van der Waals surface area contributed by atoms with Gasteiger partial charge in [0.15, 0.2) is 5.78 Å². The number of benzene rings is 1. The standard InChI is InChI=1S/C13H17IO2/c1-9(2)10(3)16-8-13(15)11-4-6-12(14)7-5-11/h4-7,9-10H,8H2,1-3H3. The van der Waals surface area contributed by atoms with Gasteiger partial charge in [-0.3, -0.25) is 4.79 Å². The third-order valence-electron chi connectivity index (χ3n) is 2.58. The molecule has 16 heavy (non-hydrogen) atoms. The van der Waals surface area contributed by atoms with Gasteiger partial charge in [-0.1, -0.05) is 26.0 Å². The van der Waals surface area contributed by atoms with Gasteiger partial charge < -0.3 is 4.74 Å². The van der Waals surface area contributed by atoms with E-state index < -0.39 is 0 Å². The Morgan fingerprint density at radius 3 is 2.31 bits per heavy atom. The van der Waals surface area contributed by atoms with Gasteiger partial charge in [-0.05, 0) is 47.6 Å². The molecular formula is C13H17IO2. The molecule has 0 aromatic heterocycles. The number of Topliss-reactive ketones (excluding diaryl/α,β-unsaturated/α-hetero) is 1. The third-order valence-corrected chi connectivity index (χ3v) is 3.30. The van der Waals surface area contributed by atoms with E-state index >= 15 is 0 Å². The number of hydrogen-bond donors (Lipinski definition) is 0. The molecule has 0 spiro atoms. The fourth-order valence-corrected chi connectivity index (χ4v) is 1.48. The quantitative estimate of drug-likeness (QED) is 0.609. The lowest BCUT2D eigenvalue weighted by atomic mass is 10.1. The van der Waals surface area contributed by atoms with E-state index in [2.05, 4.69) is 36.4 Å². The van der Waals surface area contributed by atoms with Crippen molar-refractivity contribution < 1.29 is 9.53 Å². The Morgan fingerprint density at radius 2 is 1.81 bits per heavy atom. The van der Waals surface area contributed by atoms with Crippen LogP contribution in [-0.2, 0) is 4.74 Å². The minimum absolute atomic E-state index is 0.0453. The molecule has 1 atom stereocenters. The molecule has 0 N–H and O–H groups in total. The van der Waals surface area contributed by atoms with Gasteiger partial charge in [0.05, 0.1) is 6.10 Å². The monoisotopic (exact) mass is 332 g/mol. The van der Waals surface area contributed by atoms with E-state index in [-0.39, 0.29) is 18.5 Å². The van der Waals surface area contributed by atoms with Crippen molar-refractivity contribution >= 4 is 28.4 Å². The van der Waals surface area contributed by atoms with Crippen molar-refractivity contribution in [1.29, 1.82) is 0 Å². The second-order valence-corrected chi connectivity index (χ2v) is 5.44. The lowest BCUT2D eigenvalue weighted by molar-refractivity contribution is 0.0336. The molecule has 0 bridgehead atoms. The molecular weight excluding hydrogens is 315 g/mol. The van der Waals surface area contributed by atoms with Crippen LogP contribution in [0, 0.1) is 9.49 Å². The van der Waals surface area contributed by atoms with Crippen LogP contribution in [0.25, 0.3) is 0 Å². The van der Waals surface area contributed by atoms with Crippen LogP contribution < -0.4 is 0 Å². The first kappa shape index (κ1) is 13.6. The van der Waals surface area contributed by atoms with Gasteiger partial charge in [0.2, 0.25) is 0 Å². The van der Waals surface area contributed by atoms with Crippen LogP contribution in [0.5, 0.6) is 0 Å². The molecule has 0 radical (unpaired) electrons. The zero-order valence-corrected chi connectivity index (χ0v) is 12.0. The lowest BCUT2D eigenvalue weighted by Crippen LogP contribution is -2.20. The Hall–Kier alpha value is -0.420. The average Bonchev–Trinajstić information content (AvgIpc) is 2.26. The van der Waals surface area contributed by atoms with Gasteiger partial charge in [0, 0.05) is 9.13 Å². The van der Waals surface area contributed by atoms with Crippen LogP contribution in [-0.4, -0.2) is 18.5 Å². The summed E-state index contributed by atoms with van der Waals surface area (Å²) in [6, 6.07) is 7.54. The minimum Gasteiger partial charge on any atom is -0.370 e. The van der Waals surface area contributed by atoms with E-state index in [1.807, 2.05) is 31.2 Å². The maximum atomic E-state index is 11.8. The van der Waals surface area contributed by atoms with Crippen molar-refractivity contribution in [3.63, 3.8) is 0 Å². The molecule has 0 saturated carbocycles. The van der Waals surface area contributed by atoms with Crippen molar-refractivity contribution in [3.8, 4) is 0 Å². The molecule has 0 aliphatic carbocycles. The number of rotatable bonds is 5. The van der Waals surface area contributed by atoms with Crippen LogP contribution in [0.1, 0.15) is 31.1 Å². The summed E-state index contributed by atoms with van der Waals surface area (Å²) in [5.41, 5.74) is 0.719. The van der Waals surface area contributed by atoms with Gasteiger partial charge in [-0.2, -0.15) is 0 Å². The van der Waals surface area contributed by atoms with Crippen LogP contribution in [0.3, 0.4) is 0 Å². The summed E-state index contributed by atoms with van der Waals surface area (Å²) in [4.78, 5) is 11.8. The minimum atomic E-state index is 0.0453. The van der Waals surface area contributed by atoms with Crippen LogP contribution >= 0.6 is 22.6 Å². The summed E-state index contributed by atoms with van der Waals surface area (Å²) in [7, 11) is 0. The van der Waals surface area contributed by atoms with Crippen LogP contribution in [0.4, 0.5) is 0 Å². The van der Waals surface area contributed by atoms with E-state index in [4.69, 9.17) is 4.74 Å². The Balaban J connectivity index is 2.50. The maximum absolute atomic E-state index is 11.8. The number of carbonyl (C=O) groups is 1. The predicted molar refractivity (Wildman–Crippen MR) is 73.7 cm³/mol. The number of ether oxygens (including phenoxy) is 1. The van der Waals surface area contributed by atoms with Gasteiger partial charge in [0.25, 0.3) is 0 Å². The Bertz CT molecular complexity index is 343. The maximum Gasteiger partial charge on any atom is 0.188 e. The zero-order valence-electron chi connectivity index (χ0n) is 9.87. The van der Waals surface area contributed by atoms with Crippen LogP contribution in [0.2, 0.25) is 0 Å². The van der Waals surface area contributed by atoms with Gasteiger partial charge in [0.1, 0.15) is 6.61 Å². The fraction of sp³-hybridized carbons (Fsp3) is 0.462. The molecule has 0 aliphatic heterocycles. The molecule has 0 amide bonds. The molecule has 0 aliphatic rings.